The van der Waals surface area contributed by atoms with Gasteiger partial charge in [-0.15, -0.1) is 0 Å². The van der Waals surface area contributed by atoms with Crippen LogP contribution < -0.4 is 5.32 Å². The van der Waals surface area contributed by atoms with E-state index in [1.54, 1.807) is 0 Å². The summed E-state index contributed by atoms with van der Waals surface area (Å²) in [6.07, 6.45) is 21.8. The van der Waals surface area contributed by atoms with Crippen LogP contribution in [-0.2, 0) is 6.54 Å². The molecule has 1 N–H and O–H groups in total. The highest BCUT2D eigenvalue weighted by Gasteiger charge is 1.95. The molecule has 0 fully saturated rings. The van der Waals surface area contributed by atoms with Crippen LogP contribution in [0.5, 0.6) is 0 Å². The minimum atomic E-state index is 0.902. The minimum absolute atomic E-state index is 0.902. The van der Waals surface area contributed by atoms with E-state index in [1.165, 1.54) is 89.9 Å². The highest BCUT2D eigenvalue weighted by molar-refractivity contribution is 5.02. The van der Waals surface area contributed by atoms with Crippen LogP contribution in [0.15, 0.2) is 24.4 Å². The van der Waals surface area contributed by atoms with Crippen molar-refractivity contribution in [2.45, 2.75) is 103 Å². The van der Waals surface area contributed by atoms with Gasteiger partial charge in [0.15, 0.2) is 0 Å². The molecule has 0 atom stereocenters. The van der Waals surface area contributed by atoms with E-state index in [4.69, 9.17) is 0 Å². The van der Waals surface area contributed by atoms with Crippen molar-refractivity contribution in [3.05, 3.63) is 30.1 Å². The molecule has 0 aromatic carbocycles. The molecule has 2 heteroatoms. The molecule has 1 aromatic rings. The molecule has 0 unspecified atom stereocenters. The standard InChI is InChI=1S/C22H40N2/c1-2-3-4-5-6-7-8-9-10-11-12-13-14-16-19-23-21-22-18-15-17-20-24-22/h15,17-18,20,23H,2-14,16,19,21H2,1H3. The van der Waals surface area contributed by atoms with Gasteiger partial charge in [-0.2, -0.15) is 0 Å². The van der Waals surface area contributed by atoms with Crippen molar-refractivity contribution in [2.24, 2.45) is 0 Å². The molecule has 0 saturated carbocycles. The van der Waals surface area contributed by atoms with Gasteiger partial charge in [-0.05, 0) is 25.1 Å². The molecule has 1 heterocycles. The van der Waals surface area contributed by atoms with Gasteiger partial charge in [0.2, 0.25) is 0 Å². The largest absolute Gasteiger partial charge is 0.311 e. The van der Waals surface area contributed by atoms with Crippen LogP contribution in [0, 0.1) is 0 Å². The highest BCUT2D eigenvalue weighted by Crippen LogP contribution is 2.12. The van der Waals surface area contributed by atoms with Gasteiger partial charge in [0.25, 0.3) is 0 Å². The number of nitrogens with zero attached hydrogens (tertiary/aromatic N) is 1. The van der Waals surface area contributed by atoms with Gasteiger partial charge in [-0.1, -0.05) is 96.5 Å². The SMILES string of the molecule is CCCCCCCCCCCCCCCCNCc1ccccn1. The first-order valence-electron chi connectivity index (χ1n) is 10.5. The average molecular weight is 333 g/mol. The molecule has 0 bridgehead atoms. The minimum Gasteiger partial charge on any atom is -0.311 e. The molecule has 1 rings (SSSR count). The third-order valence-corrected chi connectivity index (χ3v) is 4.74. The lowest BCUT2D eigenvalue weighted by molar-refractivity contribution is 0.529. The molecule has 0 aliphatic heterocycles. The van der Waals surface area contributed by atoms with Crippen molar-refractivity contribution >= 4 is 0 Å². The maximum atomic E-state index is 4.32. The van der Waals surface area contributed by atoms with Crippen LogP contribution in [0.4, 0.5) is 0 Å². The summed E-state index contributed by atoms with van der Waals surface area (Å²) >= 11 is 0. The van der Waals surface area contributed by atoms with E-state index in [9.17, 15) is 0 Å². The Hall–Kier alpha value is -0.890. The second kappa shape index (κ2) is 17.0. The molecule has 0 amide bonds. The molecule has 2 nitrogen and oxygen atoms in total. The van der Waals surface area contributed by atoms with Crippen molar-refractivity contribution in [3.63, 3.8) is 0 Å². The lowest BCUT2D eigenvalue weighted by atomic mass is 10.0. The van der Waals surface area contributed by atoms with Gasteiger partial charge in [0, 0.05) is 12.7 Å². The fourth-order valence-electron chi connectivity index (χ4n) is 3.16. The fourth-order valence-corrected chi connectivity index (χ4v) is 3.16. The van der Waals surface area contributed by atoms with Crippen LogP contribution in [0.25, 0.3) is 0 Å². The maximum Gasteiger partial charge on any atom is 0.0541 e. The van der Waals surface area contributed by atoms with Crippen molar-refractivity contribution < 1.29 is 0 Å². The number of rotatable bonds is 17. The topological polar surface area (TPSA) is 24.9 Å². The van der Waals surface area contributed by atoms with Gasteiger partial charge in [-0.25, -0.2) is 0 Å². The van der Waals surface area contributed by atoms with Gasteiger partial charge in [0.05, 0.1) is 5.69 Å². The van der Waals surface area contributed by atoms with E-state index < -0.39 is 0 Å². The van der Waals surface area contributed by atoms with Crippen LogP contribution >= 0.6 is 0 Å². The number of unbranched alkanes of at least 4 members (excludes halogenated alkanes) is 13. The van der Waals surface area contributed by atoms with Crippen molar-refractivity contribution in [1.82, 2.24) is 10.3 Å². The number of aromatic nitrogens is 1. The summed E-state index contributed by atoms with van der Waals surface area (Å²) < 4.78 is 0. The second-order valence-corrected chi connectivity index (χ2v) is 7.09. The molecule has 0 saturated heterocycles. The molecule has 1 aromatic heterocycles. The molecular weight excluding hydrogens is 292 g/mol. The Balaban J connectivity index is 1.70. The zero-order chi connectivity index (χ0) is 17.1. The first-order chi connectivity index (χ1) is 11.9. The van der Waals surface area contributed by atoms with Gasteiger partial charge in [0.1, 0.15) is 0 Å². The first kappa shape index (κ1) is 21.2. The maximum absolute atomic E-state index is 4.32. The monoisotopic (exact) mass is 332 g/mol. The first-order valence-corrected chi connectivity index (χ1v) is 10.5. The number of hydrogen-bond donors (Lipinski definition) is 1. The van der Waals surface area contributed by atoms with E-state index in [-0.39, 0.29) is 0 Å². The second-order valence-electron chi connectivity index (χ2n) is 7.09. The number of nitrogens with one attached hydrogen (secondary N) is 1. The summed E-state index contributed by atoms with van der Waals surface area (Å²) in [6.45, 7) is 4.31. The van der Waals surface area contributed by atoms with Gasteiger partial charge < -0.3 is 5.32 Å². The third kappa shape index (κ3) is 13.5. The molecule has 24 heavy (non-hydrogen) atoms. The molecule has 0 spiro atoms. The summed E-state index contributed by atoms with van der Waals surface area (Å²) in [6, 6.07) is 6.10. The molecule has 138 valence electrons. The van der Waals surface area contributed by atoms with Crippen LogP contribution in [-0.4, -0.2) is 11.5 Å². The number of pyridine rings is 1. The number of hydrogen-bond acceptors (Lipinski definition) is 2. The Morgan fingerprint density at radius 3 is 1.75 bits per heavy atom. The normalized spacial score (nSPS) is 11.0. The van der Waals surface area contributed by atoms with Gasteiger partial charge in [-0.3, -0.25) is 4.98 Å². The van der Waals surface area contributed by atoms with E-state index in [1.807, 2.05) is 12.3 Å². The Morgan fingerprint density at radius 2 is 1.25 bits per heavy atom. The van der Waals surface area contributed by atoms with Crippen molar-refractivity contribution in [2.75, 3.05) is 6.54 Å². The zero-order valence-corrected chi connectivity index (χ0v) is 16.1. The smallest absolute Gasteiger partial charge is 0.0541 e. The lowest BCUT2D eigenvalue weighted by Crippen LogP contribution is -2.15. The van der Waals surface area contributed by atoms with Crippen LogP contribution in [0.1, 0.15) is 103 Å². The fraction of sp³-hybridized carbons (Fsp3) is 0.773. The summed E-state index contributed by atoms with van der Waals surface area (Å²) in [5.74, 6) is 0. The van der Waals surface area contributed by atoms with E-state index >= 15 is 0 Å². The zero-order valence-electron chi connectivity index (χ0n) is 16.1. The third-order valence-electron chi connectivity index (χ3n) is 4.74. The predicted octanol–water partition coefficient (Wildman–Crippen LogP) is 6.65. The van der Waals surface area contributed by atoms with E-state index in [0.717, 1.165) is 18.8 Å². The molecular formula is C22H40N2. The Morgan fingerprint density at radius 1 is 0.708 bits per heavy atom. The van der Waals surface area contributed by atoms with E-state index in [2.05, 4.69) is 29.4 Å². The molecule has 0 aliphatic carbocycles. The average Bonchev–Trinajstić information content (AvgIpc) is 2.62. The Labute approximate surface area is 150 Å². The predicted molar refractivity (Wildman–Crippen MR) is 106 cm³/mol. The van der Waals surface area contributed by atoms with E-state index in [0.29, 0.717) is 0 Å². The molecule has 0 radical (unpaired) electrons. The highest BCUT2D eigenvalue weighted by atomic mass is 14.9. The van der Waals surface area contributed by atoms with Crippen LogP contribution in [0.2, 0.25) is 0 Å². The lowest BCUT2D eigenvalue weighted by Gasteiger charge is -2.05. The summed E-state index contributed by atoms with van der Waals surface area (Å²) in [5, 5.41) is 3.48. The quantitative estimate of drug-likeness (QED) is 0.323. The van der Waals surface area contributed by atoms with Gasteiger partial charge >= 0.3 is 0 Å². The van der Waals surface area contributed by atoms with Crippen LogP contribution in [0.3, 0.4) is 0 Å². The van der Waals surface area contributed by atoms with Crippen molar-refractivity contribution in [1.29, 1.82) is 0 Å². The summed E-state index contributed by atoms with van der Waals surface area (Å²) in [7, 11) is 0. The summed E-state index contributed by atoms with van der Waals surface area (Å²) in [4.78, 5) is 4.32. The Kier molecular flexibility index (Phi) is 14.9. The molecule has 0 aliphatic rings. The Bertz CT molecular complexity index is 350. The summed E-state index contributed by atoms with van der Waals surface area (Å²) in [5.41, 5.74) is 1.14. The van der Waals surface area contributed by atoms with Crippen molar-refractivity contribution in [3.8, 4) is 0 Å².